The summed E-state index contributed by atoms with van der Waals surface area (Å²) in [5, 5.41) is 0. The van der Waals surface area contributed by atoms with Crippen molar-refractivity contribution in [2.75, 3.05) is 39.3 Å². The molecule has 2 aliphatic rings. The van der Waals surface area contributed by atoms with Gasteiger partial charge in [-0.25, -0.2) is 0 Å². The molecule has 0 aromatic rings. The van der Waals surface area contributed by atoms with Crippen molar-refractivity contribution < 1.29 is 0 Å². The van der Waals surface area contributed by atoms with E-state index in [9.17, 15) is 0 Å². The summed E-state index contributed by atoms with van der Waals surface area (Å²) in [5.41, 5.74) is 5.67. The zero-order chi connectivity index (χ0) is 10.7. The minimum absolute atomic E-state index is 0.655. The minimum Gasteiger partial charge on any atom is -0.330 e. The van der Waals surface area contributed by atoms with Gasteiger partial charge < -0.3 is 10.6 Å². The standard InChI is InChI=1S/C12H25N3/c1-11(8-13)9-14-7-4-12(10-14)15-5-2-3-6-15/h11-12H,2-10,13H2,1H3. The molecule has 2 N–H and O–H groups in total. The normalized spacial score (nSPS) is 31.2. The van der Waals surface area contributed by atoms with Crippen molar-refractivity contribution in [2.45, 2.75) is 32.2 Å². The second kappa shape index (κ2) is 5.28. The van der Waals surface area contributed by atoms with E-state index < -0.39 is 0 Å². The Morgan fingerprint density at radius 1 is 1.27 bits per heavy atom. The number of nitrogens with two attached hydrogens (primary N) is 1. The van der Waals surface area contributed by atoms with Crippen LogP contribution in [0.2, 0.25) is 0 Å². The first-order valence-electron chi connectivity index (χ1n) is 6.46. The van der Waals surface area contributed by atoms with E-state index >= 15 is 0 Å². The predicted octanol–water partition coefficient (Wildman–Crippen LogP) is 0.751. The van der Waals surface area contributed by atoms with Crippen LogP contribution < -0.4 is 5.73 Å². The third kappa shape index (κ3) is 2.92. The van der Waals surface area contributed by atoms with E-state index in [1.807, 2.05) is 0 Å². The topological polar surface area (TPSA) is 32.5 Å². The molecular formula is C12H25N3. The highest BCUT2D eigenvalue weighted by Gasteiger charge is 2.29. The van der Waals surface area contributed by atoms with Gasteiger partial charge in [-0.1, -0.05) is 6.92 Å². The van der Waals surface area contributed by atoms with Crippen molar-refractivity contribution in [1.82, 2.24) is 9.80 Å². The molecule has 88 valence electrons. The largest absolute Gasteiger partial charge is 0.330 e. The highest BCUT2D eigenvalue weighted by Crippen LogP contribution is 2.20. The van der Waals surface area contributed by atoms with Crippen LogP contribution in [0.5, 0.6) is 0 Å². The van der Waals surface area contributed by atoms with Crippen molar-refractivity contribution in [3.63, 3.8) is 0 Å². The monoisotopic (exact) mass is 211 g/mol. The molecule has 15 heavy (non-hydrogen) atoms. The second-order valence-corrected chi connectivity index (χ2v) is 5.29. The lowest BCUT2D eigenvalue weighted by Crippen LogP contribution is -2.37. The van der Waals surface area contributed by atoms with Crippen LogP contribution in [0.25, 0.3) is 0 Å². The third-order valence-corrected chi connectivity index (χ3v) is 3.88. The van der Waals surface area contributed by atoms with Crippen LogP contribution in [0.4, 0.5) is 0 Å². The maximum absolute atomic E-state index is 5.67. The number of hydrogen-bond donors (Lipinski definition) is 1. The smallest absolute Gasteiger partial charge is 0.0235 e. The van der Waals surface area contributed by atoms with Gasteiger partial charge in [-0.2, -0.15) is 0 Å². The third-order valence-electron chi connectivity index (χ3n) is 3.88. The summed E-state index contributed by atoms with van der Waals surface area (Å²) in [6.45, 7) is 9.51. The summed E-state index contributed by atoms with van der Waals surface area (Å²) in [6.07, 6.45) is 4.20. The lowest BCUT2D eigenvalue weighted by molar-refractivity contribution is 0.222. The molecule has 2 aliphatic heterocycles. The van der Waals surface area contributed by atoms with Crippen molar-refractivity contribution in [3.05, 3.63) is 0 Å². The van der Waals surface area contributed by atoms with Crippen LogP contribution in [0.3, 0.4) is 0 Å². The fourth-order valence-electron chi connectivity index (χ4n) is 2.90. The Morgan fingerprint density at radius 3 is 2.67 bits per heavy atom. The maximum Gasteiger partial charge on any atom is 0.0235 e. The maximum atomic E-state index is 5.67. The first kappa shape index (κ1) is 11.4. The fraction of sp³-hybridized carbons (Fsp3) is 1.00. The molecule has 0 bridgehead atoms. The molecule has 2 heterocycles. The van der Waals surface area contributed by atoms with Crippen LogP contribution in [-0.4, -0.2) is 55.1 Å². The molecule has 0 saturated carbocycles. The van der Waals surface area contributed by atoms with Gasteiger partial charge in [0.1, 0.15) is 0 Å². The highest BCUT2D eigenvalue weighted by molar-refractivity contribution is 4.86. The van der Waals surface area contributed by atoms with E-state index in [4.69, 9.17) is 5.73 Å². The van der Waals surface area contributed by atoms with Crippen molar-refractivity contribution in [2.24, 2.45) is 11.7 Å². The molecule has 0 amide bonds. The molecule has 0 spiro atoms. The van der Waals surface area contributed by atoms with Crippen LogP contribution in [0, 0.1) is 5.92 Å². The molecule has 2 saturated heterocycles. The highest BCUT2D eigenvalue weighted by atomic mass is 15.3. The average Bonchev–Trinajstić information content (AvgIpc) is 2.85. The van der Waals surface area contributed by atoms with Crippen molar-refractivity contribution in [1.29, 1.82) is 0 Å². The Hall–Kier alpha value is -0.120. The summed E-state index contributed by atoms with van der Waals surface area (Å²) in [5.74, 6) is 0.655. The molecule has 2 unspecified atom stereocenters. The molecule has 0 aromatic carbocycles. The first-order valence-corrected chi connectivity index (χ1v) is 6.46. The SMILES string of the molecule is CC(CN)CN1CCC(N2CCCC2)C1. The Bertz CT molecular complexity index is 189. The molecule has 0 aromatic heterocycles. The van der Waals surface area contributed by atoms with E-state index in [-0.39, 0.29) is 0 Å². The second-order valence-electron chi connectivity index (χ2n) is 5.29. The number of likely N-dealkylation sites (tertiary alicyclic amines) is 2. The molecule has 2 atom stereocenters. The summed E-state index contributed by atoms with van der Waals surface area (Å²) in [7, 11) is 0. The van der Waals surface area contributed by atoms with Gasteiger partial charge in [0.05, 0.1) is 0 Å². The molecule has 3 nitrogen and oxygen atoms in total. The lowest BCUT2D eigenvalue weighted by Gasteiger charge is -2.24. The summed E-state index contributed by atoms with van der Waals surface area (Å²) in [6, 6.07) is 0.845. The van der Waals surface area contributed by atoms with Crippen LogP contribution in [0.1, 0.15) is 26.2 Å². The van der Waals surface area contributed by atoms with E-state index in [2.05, 4.69) is 16.7 Å². The van der Waals surface area contributed by atoms with Crippen LogP contribution >= 0.6 is 0 Å². The van der Waals surface area contributed by atoms with Gasteiger partial charge in [-0.15, -0.1) is 0 Å². The molecule has 2 fully saturated rings. The summed E-state index contributed by atoms with van der Waals surface area (Å²) >= 11 is 0. The van der Waals surface area contributed by atoms with Gasteiger partial charge in [-0.05, 0) is 51.4 Å². The van der Waals surface area contributed by atoms with E-state index in [0.717, 1.165) is 12.6 Å². The number of hydrogen-bond acceptors (Lipinski definition) is 3. The lowest BCUT2D eigenvalue weighted by atomic mass is 10.2. The Balaban J connectivity index is 1.74. The Labute approximate surface area is 93.6 Å². The van der Waals surface area contributed by atoms with Gasteiger partial charge in [0.2, 0.25) is 0 Å². The quantitative estimate of drug-likeness (QED) is 0.745. The van der Waals surface area contributed by atoms with Gasteiger partial charge in [0, 0.05) is 19.1 Å². The van der Waals surface area contributed by atoms with Gasteiger partial charge in [0.25, 0.3) is 0 Å². The zero-order valence-corrected chi connectivity index (χ0v) is 9.99. The van der Waals surface area contributed by atoms with E-state index in [1.165, 1.54) is 52.0 Å². The van der Waals surface area contributed by atoms with Gasteiger partial charge in [-0.3, -0.25) is 4.90 Å². The van der Waals surface area contributed by atoms with Gasteiger partial charge >= 0.3 is 0 Å². The van der Waals surface area contributed by atoms with Crippen molar-refractivity contribution in [3.8, 4) is 0 Å². The average molecular weight is 211 g/mol. The first-order chi connectivity index (χ1) is 7.29. The fourth-order valence-corrected chi connectivity index (χ4v) is 2.90. The van der Waals surface area contributed by atoms with E-state index in [1.54, 1.807) is 0 Å². The predicted molar refractivity (Wildman–Crippen MR) is 63.9 cm³/mol. The Morgan fingerprint density at radius 2 is 2.00 bits per heavy atom. The molecular weight excluding hydrogens is 186 g/mol. The van der Waals surface area contributed by atoms with Gasteiger partial charge in [0.15, 0.2) is 0 Å². The summed E-state index contributed by atoms with van der Waals surface area (Å²) in [4.78, 5) is 5.29. The summed E-state index contributed by atoms with van der Waals surface area (Å²) < 4.78 is 0. The van der Waals surface area contributed by atoms with E-state index in [0.29, 0.717) is 5.92 Å². The molecule has 2 rings (SSSR count). The van der Waals surface area contributed by atoms with Crippen molar-refractivity contribution >= 4 is 0 Å². The number of rotatable bonds is 4. The zero-order valence-electron chi connectivity index (χ0n) is 9.99. The molecule has 3 heteroatoms. The molecule has 0 aliphatic carbocycles. The molecule has 0 radical (unpaired) electrons. The number of nitrogens with zero attached hydrogens (tertiary/aromatic N) is 2. The minimum atomic E-state index is 0.655. The van der Waals surface area contributed by atoms with Crippen LogP contribution in [0.15, 0.2) is 0 Å². The Kier molecular flexibility index (Phi) is 4.00. The van der Waals surface area contributed by atoms with Crippen LogP contribution in [-0.2, 0) is 0 Å².